The number of nitrogens with two attached hydrogens (primary N) is 1. The molecule has 1 fully saturated rings. The van der Waals surface area contributed by atoms with E-state index in [1.165, 1.54) is 12.8 Å². The number of ether oxygens (including phenoxy) is 1. The number of benzene rings is 1. The van der Waals surface area contributed by atoms with E-state index in [4.69, 9.17) is 22.1 Å². The Morgan fingerprint density at radius 1 is 1.48 bits per heavy atom. The van der Waals surface area contributed by atoms with E-state index < -0.39 is 0 Å². The summed E-state index contributed by atoms with van der Waals surface area (Å²) in [4.78, 5) is 6.49. The number of hydrogen-bond acceptors (Lipinski definition) is 2. The molecule has 0 unspecified atom stereocenters. The Hall–Kier alpha value is -0.690. The van der Waals surface area contributed by atoms with Crippen molar-refractivity contribution in [3.8, 4) is 5.75 Å². The van der Waals surface area contributed by atoms with Gasteiger partial charge in [0.2, 0.25) is 0 Å². The van der Waals surface area contributed by atoms with E-state index >= 15 is 0 Å². The highest BCUT2D eigenvalue weighted by molar-refractivity contribution is 14.0. The Kier molecular flexibility index (Phi) is 7.59. The smallest absolute Gasteiger partial charge is 0.191 e. The van der Waals surface area contributed by atoms with Crippen LogP contribution in [0.25, 0.3) is 0 Å². The summed E-state index contributed by atoms with van der Waals surface area (Å²) in [6.45, 7) is 3.26. The van der Waals surface area contributed by atoms with Gasteiger partial charge in [-0.2, -0.15) is 0 Å². The molecule has 1 aromatic rings. The molecule has 2 N–H and O–H groups in total. The van der Waals surface area contributed by atoms with Gasteiger partial charge in [0.15, 0.2) is 5.96 Å². The van der Waals surface area contributed by atoms with Crippen molar-refractivity contribution in [3.63, 3.8) is 0 Å². The summed E-state index contributed by atoms with van der Waals surface area (Å²) in [6, 6.07) is 6.27. The molecular formula is C15H23ClIN3O. The van der Waals surface area contributed by atoms with E-state index in [9.17, 15) is 0 Å². The minimum absolute atomic E-state index is 0. The lowest BCUT2D eigenvalue weighted by Gasteiger charge is -2.17. The van der Waals surface area contributed by atoms with Crippen molar-refractivity contribution in [2.75, 3.05) is 20.2 Å². The van der Waals surface area contributed by atoms with Crippen molar-refractivity contribution in [1.82, 2.24) is 4.90 Å². The van der Waals surface area contributed by atoms with Crippen LogP contribution >= 0.6 is 35.6 Å². The molecule has 21 heavy (non-hydrogen) atoms. The molecule has 0 spiro atoms. The van der Waals surface area contributed by atoms with Crippen molar-refractivity contribution >= 4 is 41.5 Å². The molecule has 6 heteroatoms. The fourth-order valence-corrected chi connectivity index (χ4v) is 2.29. The number of halogens is 2. The van der Waals surface area contributed by atoms with Gasteiger partial charge < -0.3 is 15.4 Å². The molecule has 118 valence electrons. The SMILES string of the molecule is CCOc1ccc(Cl)cc1CCN=C(N)N(C)C1CC1.I. The van der Waals surface area contributed by atoms with E-state index in [2.05, 4.69) is 9.89 Å². The Morgan fingerprint density at radius 3 is 2.81 bits per heavy atom. The Labute approximate surface area is 148 Å². The number of hydrogen-bond donors (Lipinski definition) is 1. The first-order chi connectivity index (χ1) is 9.61. The molecule has 2 rings (SSSR count). The molecule has 0 radical (unpaired) electrons. The molecule has 1 aromatic carbocycles. The van der Waals surface area contributed by atoms with E-state index in [1.54, 1.807) is 0 Å². The molecular weight excluding hydrogens is 401 g/mol. The molecule has 4 nitrogen and oxygen atoms in total. The number of rotatable bonds is 6. The zero-order valence-electron chi connectivity index (χ0n) is 12.5. The lowest BCUT2D eigenvalue weighted by atomic mass is 10.1. The van der Waals surface area contributed by atoms with Crippen molar-refractivity contribution in [2.45, 2.75) is 32.2 Å². The molecule has 0 atom stereocenters. The Balaban J connectivity index is 0.00000220. The third kappa shape index (κ3) is 5.54. The number of nitrogens with zero attached hydrogens (tertiary/aromatic N) is 2. The van der Waals surface area contributed by atoms with Gasteiger partial charge in [0.25, 0.3) is 0 Å². The first-order valence-corrected chi connectivity index (χ1v) is 7.43. The first-order valence-electron chi connectivity index (χ1n) is 7.05. The van der Waals surface area contributed by atoms with Gasteiger partial charge in [-0.3, -0.25) is 4.99 Å². The molecule has 0 aromatic heterocycles. The zero-order chi connectivity index (χ0) is 14.5. The van der Waals surface area contributed by atoms with Gasteiger partial charge in [0.1, 0.15) is 5.75 Å². The summed E-state index contributed by atoms with van der Waals surface area (Å²) < 4.78 is 5.60. The van der Waals surface area contributed by atoms with Crippen molar-refractivity contribution in [3.05, 3.63) is 28.8 Å². The average molecular weight is 424 g/mol. The molecule has 0 saturated heterocycles. The second-order valence-electron chi connectivity index (χ2n) is 5.02. The second kappa shape index (κ2) is 8.68. The highest BCUT2D eigenvalue weighted by Gasteiger charge is 2.27. The largest absolute Gasteiger partial charge is 0.494 e. The van der Waals surface area contributed by atoms with E-state index in [-0.39, 0.29) is 24.0 Å². The van der Waals surface area contributed by atoms with E-state index in [1.807, 2.05) is 32.2 Å². The Morgan fingerprint density at radius 2 is 2.19 bits per heavy atom. The van der Waals surface area contributed by atoms with Crippen molar-refractivity contribution < 1.29 is 4.74 Å². The minimum Gasteiger partial charge on any atom is -0.494 e. The lowest BCUT2D eigenvalue weighted by molar-refractivity contribution is 0.336. The lowest BCUT2D eigenvalue weighted by Crippen LogP contribution is -2.35. The highest BCUT2D eigenvalue weighted by atomic mass is 127. The molecule has 0 bridgehead atoms. The van der Waals surface area contributed by atoms with E-state index in [0.29, 0.717) is 25.2 Å². The topological polar surface area (TPSA) is 50.9 Å². The molecule has 1 aliphatic carbocycles. The van der Waals surface area contributed by atoms with Crippen LogP contribution in [-0.2, 0) is 6.42 Å². The fraction of sp³-hybridized carbons (Fsp3) is 0.533. The van der Waals surface area contributed by atoms with Gasteiger partial charge in [0.05, 0.1) is 6.61 Å². The fourth-order valence-electron chi connectivity index (χ4n) is 2.09. The number of guanidine groups is 1. The maximum Gasteiger partial charge on any atom is 0.191 e. The monoisotopic (exact) mass is 423 g/mol. The van der Waals surface area contributed by atoms with Gasteiger partial charge in [-0.1, -0.05) is 11.6 Å². The third-order valence-electron chi connectivity index (χ3n) is 3.43. The van der Waals surface area contributed by atoms with E-state index in [0.717, 1.165) is 22.8 Å². The normalized spacial score (nSPS) is 14.5. The van der Waals surface area contributed by atoms with Crippen LogP contribution < -0.4 is 10.5 Å². The second-order valence-corrected chi connectivity index (χ2v) is 5.45. The van der Waals surface area contributed by atoms with Crippen LogP contribution in [0.5, 0.6) is 5.75 Å². The summed E-state index contributed by atoms with van der Waals surface area (Å²) >= 11 is 6.03. The summed E-state index contributed by atoms with van der Waals surface area (Å²) in [5.74, 6) is 1.49. The van der Waals surface area contributed by atoms with Crippen molar-refractivity contribution in [2.24, 2.45) is 10.7 Å². The maximum atomic E-state index is 6.03. The average Bonchev–Trinajstić information content (AvgIpc) is 3.25. The predicted octanol–water partition coefficient (Wildman–Crippen LogP) is 3.31. The van der Waals surface area contributed by atoms with Crippen LogP contribution in [0.2, 0.25) is 5.02 Å². The van der Waals surface area contributed by atoms with Crippen LogP contribution in [-0.4, -0.2) is 37.1 Å². The Bertz CT molecular complexity index is 492. The third-order valence-corrected chi connectivity index (χ3v) is 3.67. The minimum atomic E-state index is 0. The summed E-state index contributed by atoms with van der Waals surface area (Å²) in [5, 5.41) is 0.718. The van der Waals surface area contributed by atoms with Gasteiger partial charge in [-0.15, -0.1) is 24.0 Å². The van der Waals surface area contributed by atoms with Crippen molar-refractivity contribution in [1.29, 1.82) is 0 Å². The predicted molar refractivity (Wildman–Crippen MR) is 99.0 cm³/mol. The molecule has 1 saturated carbocycles. The molecule has 1 aliphatic rings. The standard InChI is InChI=1S/C15H22ClN3O.HI/c1-3-20-14-7-4-12(16)10-11(14)8-9-18-15(17)19(2)13-5-6-13;/h4,7,10,13H,3,5-6,8-9H2,1-2H3,(H2,17,18);1H. The zero-order valence-corrected chi connectivity index (χ0v) is 15.6. The quantitative estimate of drug-likeness (QED) is 0.434. The molecule has 0 heterocycles. The maximum absolute atomic E-state index is 6.03. The van der Waals surface area contributed by atoms with Crippen LogP contribution in [0, 0.1) is 0 Å². The summed E-state index contributed by atoms with van der Waals surface area (Å²) in [6.07, 6.45) is 3.21. The molecule has 0 amide bonds. The number of aliphatic imine (C=N–C) groups is 1. The van der Waals surface area contributed by atoms with Crippen LogP contribution in [0.1, 0.15) is 25.3 Å². The van der Waals surface area contributed by atoms with Gasteiger partial charge >= 0.3 is 0 Å². The van der Waals surface area contributed by atoms with Gasteiger partial charge in [0, 0.05) is 24.7 Å². The highest BCUT2D eigenvalue weighted by Crippen LogP contribution is 2.25. The van der Waals surface area contributed by atoms with Crippen LogP contribution in [0.3, 0.4) is 0 Å². The van der Waals surface area contributed by atoms with Gasteiger partial charge in [-0.05, 0) is 49.9 Å². The van der Waals surface area contributed by atoms with Crippen LogP contribution in [0.4, 0.5) is 0 Å². The summed E-state index contributed by atoms with van der Waals surface area (Å²) in [7, 11) is 2.00. The molecule has 0 aliphatic heterocycles. The summed E-state index contributed by atoms with van der Waals surface area (Å²) in [5.41, 5.74) is 7.04. The van der Waals surface area contributed by atoms with Gasteiger partial charge in [-0.25, -0.2) is 0 Å². The first kappa shape index (κ1) is 18.4. The van der Waals surface area contributed by atoms with Crippen LogP contribution in [0.15, 0.2) is 23.2 Å².